The van der Waals surface area contributed by atoms with E-state index in [1.54, 1.807) is 0 Å². The molecular weight excluding hydrogens is 260 g/mol. The summed E-state index contributed by atoms with van der Waals surface area (Å²) in [5.41, 5.74) is -0.610. The number of fused-ring (bicyclic) bond motifs is 2. The highest BCUT2D eigenvalue weighted by atomic mass is 17.3. The Hall–Kier alpha value is -0.650. The first kappa shape index (κ1) is 13.0. The van der Waals surface area contributed by atoms with Crippen LogP contribution in [0, 0.1) is 23.7 Å². The molecule has 4 saturated heterocycles. The molecule has 0 N–H and O–H groups in total. The fraction of sp³-hybridized carbons (Fsp3) is 0.933. The lowest BCUT2D eigenvalue weighted by molar-refractivity contribution is -0.559. The Morgan fingerprint density at radius 1 is 1.10 bits per heavy atom. The molecule has 0 aromatic heterocycles. The Morgan fingerprint density at radius 3 is 2.70 bits per heavy atom. The Kier molecular flexibility index (Phi) is 2.58. The largest absolute Gasteiger partial charge is 0.432 e. The third-order valence-electron chi connectivity index (χ3n) is 5.97. The minimum atomic E-state index is -0.793. The van der Waals surface area contributed by atoms with Crippen molar-refractivity contribution >= 4 is 5.97 Å². The summed E-state index contributed by atoms with van der Waals surface area (Å²) in [6.45, 7) is 6.06. The molecule has 0 aromatic rings. The van der Waals surface area contributed by atoms with Gasteiger partial charge in [-0.15, -0.1) is 0 Å². The van der Waals surface area contributed by atoms with Gasteiger partial charge in [-0.2, -0.15) is 0 Å². The molecule has 1 aliphatic carbocycles. The second-order valence-electron chi connectivity index (χ2n) is 7.14. The van der Waals surface area contributed by atoms with Gasteiger partial charge >= 0.3 is 5.97 Å². The van der Waals surface area contributed by atoms with Gasteiger partial charge in [-0.25, -0.2) is 9.78 Å². The molecule has 0 radical (unpaired) electrons. The molecule has 0 amide bonds. The molecule has 1 saturated carbocycles. The molecule has 1 spiro atoms. The molecule has 4 aliphatic heterocycles. The van der Waals surface area contributed by atoms with E-state index in [0.29, 0.717) is 11.8 Å². The summed E-state index contributed by atoms with van der Waals surface area (Å²) in [5.74, 6) is -0.137. The lowest BCUT2D eigenvalue weighted by Gasteiger charge is -2.57. The Labute approximate surface area is 118 Å². The summed E-state index contributed by atoms with van der Waals surface area (Å²) >= 11 is 0. The van der Waals surface area contributed by atoms with Gasteiger partial charge in [-0.05, 0) is 32.1 Å². The van der Waals surface area contributed by atoms with Crippen molar-refractivity contribution in [3.63, 3.8) is 0 Å². The van der Waals surface area contributed by atoms with Crippen LogP contribution in [0.25, 0.3) is 0 Å². The number of hydrogen-bond acceptors (Lipinski definition) is 5. The molecule has 0 aromatic carbocycles. The third-order valence-corrected chi connectivity index (χ3v) is 5.97. The lowest BCUT2D eigenvalue weighted by Crippen LogP contribution is -2.69. The van der Waals surface area contributed by atoms with Gasteiger partial charge in [0.2, 0.25) is 12.1 Å². The zero-order valence-electron chi connectivity index (χ0n) is 12.3. The predicted molar refractivity (Wildman–Crippen MR) is 68.0 cm³/mol. The second kappa shape index (κ2) is 3.96. The van der Waals surface area contributed by atoms with Gasteiger partial charge in [0.1, 0.15) is 0 Å². The molecule has 5 aliphatic rings. The quantitative estimate of drug-likeness (QED) is 0.504. The molecule has 112 valence electrons. The highest BCUT2D eigenvalue weighted by Crippen LogP contribution is 2.59. The average Bonchev–Trinajstić information content (AvgIpc) is 2.63. The van der Waals surface area contributed by atoms with Crippen molar-refractivity contribution in [1.29, 1.82) is 0 Å². The fourth-order valence-electron chi connectivity index (χ4n) is 4.76. The molecule has 5 nitrogen and oxygen atoms in total. The fourth-order valence-corrected chi connectivity index (χ4v) is 4.76. The van der Waals surface area contributed by atoms with Crippen LogP contribution in [0.1, 0.15) is 46.5 Å². The van der Waals surface area contributed by atoms with Crippen LogP contribution in [0.15, 0.2) is 0 Å². The molecule has 5 fully saturated rings. The molecule has 20 heavy (non-hydrogen) atoms. The average molecular weight is 282 g/mol. The van der Waals surface area contributed by atoms with E-state index < -0.39 is 17.7 Å². The highest BCUT2D eigenvalue weighted by molar-refractivity contribution is 5.74. The predicted octanol–water partition coefficient (Wildman–Crippen LogP) is 2.39. The molecule has 5 heteroatoms. The number of carbonyl (C=O) groups excluding carboxylic acids is 1. The van der Waals surface area contributed by atoms with Crippen molar-refractivity contribution < 1.29 is 24.0 Å². The summed E-state index contributed by atoms with van der Waals surface area (Å²) in [6, 6.07) is 0. The number of carbonyl (C=O) groups is 1. The zero-order chi connectivity index (χ0) is 14.1. The SMILES string of the molecule is C[C@@H]1CC[C@@H]2[C@H](C)C(=O)O[C@H]3O[C@]4(C)CC[C@@H]1[C@@]32OO4. The minimum Gasteiger partial charge on any atom is -0.432 e. The Balaban J connectivity index is 1.84. The molecule has 2 bridgehead atoms. The van der Waals surface area contributed by atoms with E-state index in [1.165, 1.54) is 0 Å². The minimum absolute atomic E-state index is 0.123. The highest BCUT2D eigenvalue weighted by Gasteiger charge is 2.69. The van der Waals surface area contributed by atoms with Crippen LogP contribution in [-0.2, 0) is 24.0 Å². The maximum absolute atomic E-state index is 12.1. The first-order valence-electron chi connectivity index (χ1n) is 7.71. The Bertz CT molecular complexity index is 452. The van der Waals surface area contributed by atoms with Crippen LogP contribution in [0.2, 0.25) is 0 Å². The van der Waals surface area contributed by atoms with Crippen LogP contribution in [0.5, 0.6) is 0 Å². The number of ether oxygens (including phenoxy) is 2. The zero-order valence-corrected chi connectivity index (χ0v) is 12.3. The van der Waals surface area contributed by atoms with Crippen molar-refractivity contribution in [3.05, 3.63) is 0 Å². The summed E-state index contributed by atoms with van der Waals surface area (Å²) in [4.78, 5) is 23.7. The van der Waals surface area contributed by atoms with Crippen molar-refractivity contribution in [1.82, 2.24) is 0 Å². The first-order chi connectivity index (χ1) is 9.46. The summed E-state index contributed by atoms with van der Waals surface area (Å²) in [6.07, 6.45) is 3.24. The smallest absolute Gasteiger partial charge is 0.311 e. The van der Waals surface area contributed by atoms with Gasteiger partial charge in [0, 0.05) is 18.3 Å². The third kappa shape index (κ3) is 1.46. The van der Waals surface area contributed by atoms with Crippen molar-refractivity contribution in [2.75, 3.05) is 0 Å². The maximum atomic E-state index is 12.1. The van der Waals surface area contributed by atoms with Gasteiger partial charge in [-0.1, -0.05) is 13.8 Å². The van der Waals surface area contributed by atoms with Crippen LogP contribution in [0.4, 0.5) is 0 Å². The van der Waals surface area contributed by atoms with Crippen molar-refractivity contribution in [3.8, 4) is 0 Å². The molecular formula is C15H22O5. The second-order valence-corrected chi connectivity index (χ2v) is 7.14. The van der Waals surface area contributed by atoms with E-state index >= 15 is 0 Å². The molecule has 0 unspecified atom stereocenters. The van der Waals surface area contributed by atoms with Crippen molar-refractivity contribution in [2.45, 2.75) is 64.1 Å². The lowest BCUT2D eigenvalue weighted by atomic mass is 9.58. The van der Waals surface area contributed by atoms with Gasteiger partial charge in [0.25, 0.3) is 0 Å². The molecule has 5 rings (SSSR count). The van der Waals surface area contributed by atoms with E-state index in [1.807, 2.05) is 13.8 Å². The standard InChI is InChI=1S/C15H22O5/c1-8-4-5-11-9(2)12(16)17-13-15(11)10(8)6-7-14(3,18-13)19-20-15/h8-11,13H,4-7H2,1-3H3/t8-,9+,10+,11-,13+,14+,15+/m1/s1. The topological polar surface area (TPSA) is 54.0 Å². The summed E-state index contributed by atoms with van der Waals surface area (Å²) in [7, 11) is 0. The van der Waals surface area contributed by atoms with Crippen LogP contribution < -0.4 is 0 Å². The number of esters is 1. The van der Waals surface area contributed by atoms with Crippen molar-refractivity contribution in [2.24, 2.45) is 23.7 Å². The van der Waals surface area contributed by atoms with E-state index in [0.717, 1.165) is 25.7 Å². The monoisotopic (exact) mass is 282 g/mol. The van der Waals surface area contributed by atoms with E-state index in [-0.39, 0.29) is 17.8 Å². The van der Waals surface area contributed by atoms with E-state index in [4.69, 9.17) is 19.2 Å². The maximum Gasteiger partial charge on any atom is 0.311 e. The Morgan fingerprint density at radius 2 is 1.90 bits per heavy atom. The van der Waals surface area contributed by atoms with Gasteiger partial charge in [-0.3, -0.25) is 4.79 Å². The summed E-state index contributed by atoms with van der Waals surface area (Å²) in [5, 5.41) is 0. The molecule has 4 heterocycles. The van der Waals surface area contributed by atoms with Crippen LogP contribution >= 0.6 is 0 Å². The normalized spacial score (nSPS) is 57.8. The van der Waals surface area contributed by atoms with Crippen LogP contribution in [-0.4, -0.2) is 23.6 Å². The number of hydrogen-bond donors (Lipinski definition) is 0. The van der Waals surface area contributed by atoms with Crippen LogP contribution in [0.3, 0.4) is 0 Å². The van der Waals surface area contributed by atoms with Gasteiger partial charge in [0.05, 0.1) is 5.92 Å². The van der Waals surface area contributed by atoms with Gasteiger partial charge < -0.3 is 9.47 Å². The van der Waals surface area contributed by atoms with Gasteiger partial charge in [0.15, 0.2) is 5.60 Å². The molecule has 7 atom stereocenters. The first-order valence-corrected chi connectivity index (χ1v) is 7.71. The summed E-state index contributed by atoms with van der Waals surface area (Å²) < 4.78 is 11.6. The van der Waals surface area contributed by atoms with E-state index in [2.05, 4.69) is 6.92 Å². The van der Waals surface area contributed by atoms with E-state index in [9.17, 15) is 4.79 Å². The number of rotatable bonds is 0.